The minimum atomic E-state index is 0.653. The van der Waals surface area contributed by atoms with Gasteiger partial charge in [0.2, 0.25) is 0 Å². The molecule has 0 aliphatic heterocycles. The van der Waals surface area contributed by atoms with Gasteiger partial charge in [0.25, 0.3) is 0 Å². The van der Waals surface area contributed by atoms with E-state index in [0.717, 1.165) is 0 Å². The van der Waals surface area contributed by atoms with E-state index in [1.54, 1.807) is 0 Å². The van der Waals surface area contributed by atoms with Crippen molar-refractivity contribution in [3.8, 4) is 0 Å². The van der Waals surface area contributed by atoms with Crippen molar-refractivity contribution in [3.63, 3.8) is 0 Å². The number of rotatable bonds is 3. The molecule has 0 fully saturated rings. The van der Waals surface area contributed by atoms with Crippen molar-refractivity contribution in [3.05, 3.63) is 23.3 Å². The molecule has 0 N–H and O–H groups in total. The molecule has 0 atom stereocenters. The van der Waals surface area contributed by atoms with Crippen LogP contribution in [0.1, 0.15) is 41.5 Å². The predicted octanol–water partition coefficient (Wildman–Crippen LogP) is 4.19. The Labute approximate surface area is 77.4 Å². The molecule has 0 aliphatic carbocycles. The Balaban J connectivity index is 4.38. The number of hydrogen-bond acceptors (Lipinski definition) is 0. The van der Waals surface area contributed by atoms with E-state index >= 15 is 0 Å². The third-order valence-corrected chi connectivity index (χ3v) is 1.79. The molecule has 0 aliphatic rings. The Hall–Kier alpha value is -0.520. The zero-order valence-electron chi connectivity index (χ0n) is 9.31. The Kier molecular flexibility index (Phi) is 4.96. The summed E-state index contributed by atoms with van der Waals surface area (Å²) in [5.74, 6) is 1.31. The Bertz CT molecular complexity index is 158. The van der Waals surface area contributed by atoms with E-state index in [9.17, 15) is 0 Å². The highest BCUT2D eigenvalue weighted by molar-refractivity contribution is 5.27. The highest BCUT2D eigenvalue weighted by Crippen LogP contribution is 2.13. The minimum absolute atomic E-state index is 0.653. The maximum Gasteiger partial charge on any atom is -0.0285 e. The van der Waals surface area contributed by atoms with Crippen LogP contribution in [0.25, 0.3) is 0 Å². The summed E-state index contributed by atoms with van der Waals surface area (Å²) >= 11 is 0. The lowest BCUT2D eigenvalue weighted by atomic mass is 10.0. The van der Waals surface area contributed by atoms with Crippen LogP contribution >= 0.6 is 0 Å². The van der Waals surface area contributed by atoms with Gasteiger partial charge in [-0.25, -0.2) is 0 Å². The van der Waals surface area contributed by atoms with E-state index in [1.165, 1.54) is 11.1 Å². The van der Waals surface area contributed by atoms with Crippen molar-refractivity contribution in [2.24, 2.45) is 11.8 Å². The molecule has 0 aromatic rings. The summed E-state index contributed by atoms with van der Waals surface area (Å²) in [5.41, 5.74) is 2.83. The molecule has 0 unspecified atom stereocenters. The quantitative estimate of drug-likeness (QED) is 0.551. The molecule has 12 heavy (non-hydrogen) atoms. The average molecular weight is 166 g/mol. The lowest BCUT2D eigenvalue weighted by Crippen LogP contribution is -1.88. The molecule has 0 aromatic heterocycles. The van der Waals surface area contributed by atoms with Crippen molar-refractivity contribution >= 4 is 0 Å². The molecular weight excluding hydrogens is 144 g/mol. The molecule has 70 valence electrons. The van der Waals surface area contributed by atoms with Crippen LogP contribution in [0.4, 0.5) is 0 Å². The van der Waals surface area contributed by atoms with E-state index in [0.29, 0.717) is 11.8 Å². The summed E-state index contributed by atoms with van der Waals surface area (Å²) in [6.07, 6.45) is 4.63. The van der Waals surface area contributed by atoms with Gasteiger partial charge >= 0.3 is 0 Å². The lowest BCUT2D eigenvalue weighted by molar-refractivity contribution is 0.810. The zero-order valence-corrected chi connectivity index (χ0v) is 9.31. The van der Waals surface area contributed by atoms with E-state index < -0.39 is 0 Å². The van der Waals surface area contributed by atoms with Crippen molar-refractivity contribution in [2.45, 2.75) is 41.5 Å². The summed E-state index contributed by atoms with van der Waals surface area (Å²) in [6, 6.07) is 0. The molecule has 0 nitrogen and oxygen atoms in total. The van der Waals surface area contributed by atoms with Gasteiger partial charge in [-0.15, -0.1) is 0 Å². The third kappa shape index (κ3) is 5.17. The van der Waals surface area contributed by atoms with Gasteiger partial charge in [0.15, 0.2) is 0 Å². The molecule has 0 saturated carbocycles. The highest BCUT2D eigenvalue weighted by atomic mass is 14.0. The fourth-order valence-corrected chi connectivity index (χ4v) is 1.26. The second-order valence-corrected chi connectivity index (χ2v) is 4.19. The normalized spacial score (nSPS) is 14.7. The molecule has 0 heterocycles. The predicted molar refractivity (Wildman–Crippen MR) is 57.2 cm³/mol. The van der Waals surface area contributed by atoms with Crippen molar-refractivity contribution in [2.75, 3.05) is 0 Å². The minimum Gasteiger partial charge on any atom is -0.0788 e. The maximum absolute atomic E-state index is 2.31. The van der Waals surface area contributed by atoms with Gasteiger partial charge in [0.05, 0.1) is 0 Å². The first kappa shape index (κ1) is 11.5. The van der Waals surface area contributed by atoms with Crippen LogP contribution in [0.5, 0.6) is 0 Å². The van der Waals surface area contributed by atoms with Crippen LogP contribution < -0.4 is 0 Å². The van der Waals surface area contributed by atoms with Gasteiger partial charge in [-0.05, 0) is 25.7 Å². The van der Waals surface area contributed by atoms with Crippen LogP contribution in [0.2, 0.25) is 0 Å². The molecule has 0 radical (unpaired) electrons. The summed E-state index contributed by atoms with van der Waals surface area (Å²) in [6.45, 7) is 13.2. The van der Waals surface area contributed by atoms with Gasteiger partial charge in [0, 0.05) is 0 Å². The summed E-state index contributed by atoms with van der Waals surface area (Å²) in [5, 5.41) is 0. The summed E-state index contributed by atoms with van der Waals surface area (Å²) < 4.78 is 0. The molecule has 0 aromatic carbocycles. The maximum atomic E-state index is 2.31. The Morgan fingerprint density at radius 2 is 1.00 bits per heavy atom. The van der Waals surface area contributed by atoms with Gasteiger partial charge < -0.3 is 0 Å². The topological polar surface area (TPSA) is 0 Å². The first-order chi connectivity index (χ1) is 5.43. The lowest BCUT2D eigenvalue weighted by Gasteiger charge is -2.05. The van der Waals surface area contributed by atoms with Crippen LogP contribution in [-0.2, 0) is 0 Å². The van der Waals surface area contributed by atoms with Crippen LogP contribution in [0, 0.1) is 11.8 Å². The molecule has 0 amide bonds. The van der Waals surface area contributed by atoms with Crippen molar-refractivity contribution in [1.82, 2.24) is 0 Å². The summed E-state index contributed by atoms with van der Waals surface area (Å²) in [4.78, 5) is 0. The standard InChI is InChI=1S/C12H22/c1-9(2)7-11(5)12(6)8-10(3)4/h7-10H,1-6H3/b11-7-,12-8-. The Morgan fingerprint density at radius 1 is 0.750 bits per heavy atom. The summed E-state index contributed by atoms with van der Waals surface area (Å²) in [7, 11) is 0. The second-order valence-electron chi connectivity index (χ2n) is 4.19. The molecule has 0 rings (SSSR count). The monoisotopic (exact) mass is 166 g/mol. The highest BCUT2D eigenvalue weighted by Gasteiger charge is 1.96. The fraction of sp³-hybridized carbons (Fsp3) is 0.667. The SMILES string of the molecule is CC(=C/C(C)C)/C(C)=C\C(C)C. The van der Waals surface area contributed by atoms with Crippen molar-refractivity contribution < 1.29 is 0 Å². The van der Waals surface area contributed by atoms with Gasteiger partial charge in [0.1, 0.15) is 0 Å². The first-order valence-electron chi connectivity index (χ1n) is 4.80. The van der Waals surface area contributed by atoms with E-state index in [4.69, 9.17) is 0 Å². The van der Waals surface area contributed by atoms with E-state index in [2.05, 4.69) is 53.7 Å². The van der Waals surface area contributed by atoms with E-state index in [-0.39, 0.29) is 0 Å². The zero-order chi connectivity index (χ0) is 9.72. The van der Waals surface area contributed by atoms with Gasteiger partial charge in [-0.2, -0.15) is 0 Å². The number of allylic oxidation sites excluding steroid dienone is 4. The third-order valence-electron chi connectivity index (χ3n) is 1.79. The molecule has 0 bridgehead atoms. The van der Waals surface area contributed by atoms with Crippen LogP contribution in [-0.4, -0.2) is 0 Å². The Morgan fingerprint density at radius 3 is 1.17 bits per heavy atom. The fourth-order valence-electron chi connectivity index (χ4n) is 1.26. The van der Waals surface area contributed by atoms with Crippen molar-refractivity contribution in [1.29, 1.82) is 0 Å². The van der Waals surface area contributed by atoms with Crippen LogP contribution in [0.3, 0.4) is 0 Å². The van der Waals surface area contributed by atoms with Gasteiger partial charge in [-0.1, -0.05) is 51.0 Å². The molecule has 0 saturated heterocycles. The number of hydrogen-bond donors (Lipinski definition) is 0. The van der Waals surface area contributed by atoms with Gasteiger partial charge in [-0.3, -0.25) is 0 Å². The molecular formula is C12H22. The molecule has 0 spiro atoms. The van der Waals surface area contributed by atoms with E-state index in [1.807, 2.05) is 0 Å². The second kappa shape index (κ2) is 5.18. The van der Waals surface area contributed by atoms with Crippen LogP contribution in [0.15, 0.2) is 23.3 Å². The smallest absolute Gasteiger partial charge is 0.0285 e. The largest absolute Gasteiger partial charge is 0.0788 e. The molecule has 0 heteroatoms. The average Bonchev–Trinajstić information content (AvgIpc) is 1.84. The first-order valence-corrected chi connectivity index (χ1v) is 4.80.